The number of rotatable bonds is 6. The molecule has 27 heavy (non-hydrogen) atoms. The summed E-state index contributed by atoms with van der Waals surface area (Å²) in [6, 6.07) is 13.5. The molecule has 1 N–H and O–H groups in total. The molecule has 0 aliphatic carbocycles. The van der Waals surface area contributed by atoms with Gasteiger partial charge < -0.3 is 10.1 Å². The van der Waals surface area contributed by atoms with Gasteiger partial charge in [-0.15, -0.1) is 10.2 Å². The molecule has 0 unspecified atom stereocenters. The number of thioether (sulfide) groups is 1. The first-order chi connectivity index (χ1) is 13.0. The Hall–Kier alpha value is -2.80. The van der Waals surface area contributed by atoms with E-state index < -0.39 is 0 Å². The first-order valence-electron chi connectivity index (χ1n) is 8.54. The van der Waals surface area contributed by atoms with Gasteiger partial charge in [0.1, 0.15) is 11.6 Å². The van der Waals surface area contributed by atoms with Crippen LogP contribution in [0.1, 0.15) is 17.0 Å². The van der Waals surface area contributed by atoms with Crippen LogP contribution < -0.4 is 10.1 Å². The quantitative estimate of drug-likeness (QED) is 0.654. The minimum absolute atomic E-state index is 0.0996. The molecule has 0 aliphatic rings. The Morgan fingerprint density at radius 2 is 1.81 bits per heavy atom. The number of carbonyl (C=O) groups is 1. The van der Waals surface area contributed by atoms with Crippen LogP contribution in [0.15, 0.2) is 47.6 Å². The van der Waals surface area contributed by atoms with Crippen LogP contribution in [-0.4, -0.2) is 33.5 Å². The highest BCUT2D eigenvalue weighted by molar-refractivity contribution is 7.99. The summed E-state index contributed by atoms with van der Waals surface area (Å²) in [6.45, 7) is 6.06. The zero-order valence-corrected chi connectivity index (χ0v) is 16.6. The first kappa shape index (κ1) is 19.0. The van der Waals surface area contributed by atoms with Crippen molar-refractivity contribution in [3.05, 3.63) is 59.4 Å². The van der Waals surface area contributed by atoms with Crippen molar-refractivity contribution in [3.63, 3.8) is 0 Å². The molecule has 140 valence electrons. The van der Waals surface area contributed by atoms with Crippen LogP contribution in [0.2, 0.25) is 0 Å². The van der Waals surface area contributed by atoms with Crippen molar-refractivity contribution in [3.8, 4) is 11.4 Å². The second-order valence-electron chi connectivity index (χ2n) is 6.20. The van der Waals surface area contributed by atoms with Crippen molar-refractivity contribution in [1.82, 2.24) is 14.8 Å². The van der Waals surface area contributed by atoms with E-state index in [-0.39, 0.29) is 11.7 Å². The average molecular weight is 382 g/mol. The highest BCUT2D eigenvalue weighted by Gasteiger charge is 2.14. The van der Waals surface area contributed by atoms with Gasteiger partial charge in [0.15, 0.2) is 5.16 Å². The van der Waals surface area contributed by atoms with E-state index in [1.165, 1.54) is 22.9 Å². The van der Waals surface area contributed by atoms with Crippen LogP contribution in [0.25, 0.3) is 5.69 Å². The Balaban J connectivity index is 1.69. The number of amides is 1. The van der Waals surface area contributed by atoms with Crippen molar-refractivity contribution in [2.45, 2.75) is 25.9 Å². The molecule has 0 atom stereocenters. The normalized spacial score (nSPS) is 10.7. The average Bonchev–Trinajstić information content (AvgIpc) is 3.03. The summed E-state index contributed by atoms with van der Waals surface area (Å²) in [5.74, 6) is 1.68. The molecule has 0 saturated heterocycles. The molecule has 0 radical (unpaired) electrons. The number of nitrogens with zero attached hydrogens (tertiary/aromatic N) is 3. The first-order valence-corrected chi connectivity index (χ1v) is 9.53. The number of carbonyl (C=O) groups excluding carboxylic acids is 1. The van der Waals surface area contributed by atoms with Crippen LogP contribution in [0.3, 0.4) is 0 Å². The van der Waals surface area contributed by atoms with Crippen LogP contribution in [0, 0.1) is 20.8 Å². The molecule has 3 rings (SSSR count). The lowest BCUT2D eigenvalue weighted by Gasteiger charge is -2.10. The fourth-order valence-electron chi connectivity index (χ4n) is 2.60. The van der Waals surface area contributed by atoms with Gasteiger partial charge in [0.05, 0.1) is 12.9 Å². The van der Waals surface area contributed by atoms with E-state index in [4.69, 9.17) is 4.74 Å². The molecule has 0 aliphatic heterocycles. The topological polar surface area (TPSA) is 69.0 Å². The number of aromatic nitrogens is 3. The third-order valence-electron chi connectivity index (χ3n) is 4.25. The summed E-state index contributed by atoms with van der Waals surface area (Å²) in [4.78, 5) is 12.3. The SMILES string of the molecule is COc1ccc(NC(=O)CSc2nnc(C)n2-c2ccc(C)c(C)c2)cc1. The molecule has 0 bridgehead atoms. The number of aryl methyl sites for hydroxylation is 3. The highest BCUT2D eigenvalue weighted by Crippen LogP contribution is 2.24. The standard InChI is InChI=1S/C20H22N4O2S/c1-13-5-8-17(11-14(13)2)24-15(3)22-23-20(24)27-12-19(25)21-16-6-9-18(26-4)10-7-16/h5-11H,12H2,1-4H3,(H,21,25). The molecular formula is C20H22N4O2S. The van der Waals surface area contributed by atoms with Gasteiger partial charge in [-0.3, -0.25) is 9.36 Å². The fourth-order valence-corrected chi connectivity index (χ4v) is 3.40. The van der Waals surface area contributed by atoms with Gasteiger partial charge >= 0.3 is 0 Å². The summed E-state index contributed by atoms with van der Waals surface area (Å²) in [7, 11) is 1.61. The molecule has 3 aromatic rings. The minimum Gasteiger partial charge on any atom is -0.497 e. The van der Waals surface area contributed by atoms with E-state index in [0.29, 0.717) is 5.16 Å². The number of anilines is 1. The van der Waals surface area contributed by atoms with Crippen molar-refractivity contribution in [1.29, 1.82) is 0 Å². The lowest BCUT2D eigenvalue weighted by atomic mass is 10.1. The summed E-state index contributed by atoms with van der Waals surface area (Å²) in [6.07, 6.45) is 0. The third-order valence-corrected chi connectivity index (χ3v) is 5.18. The molecule has 1 aromatic heterocycles. The molecule has 0 saturated carbocycles. The maximum Gasteiger partial charge on any atom is 0.234 e. The highest BCUT2D eigenvalue weighted by atomic mass is 32.2. The Kier molecular flexibility index (Phi) is 5.81. The van der Waals surface area contributed by atoms with Gasteiger partial charge in [-0.05, 0) is 68.3 Å². The van der Waals surface area contributed by atoms with E-state index in [9.17, 15) is 4.79 Å². The Morgan fingerprint density at radius 1 is 1.07 bits per heavy atom. The van der Waals surface area contributed by atoms with Crippen LogP contribution in [-0.2, 0) is 4.79 Å². The zero-order chi connectivity index (χ0) is 19.4. The van der Waals surface area contributed by atoms with Crippen molar-refractivity contribution >= 4 is 23.4 Å². The van der Waals surface area contributed by atoms with Gasteiger partial charge in [0.25, 0.3) is 0 Å². The molecule has 7 heteroatoms. The predicted octanol–water partition coefficient (Wildman–Crippen LogP) is 3.93. The van der Waals surface area contributed by atoms with E-state index in [1.807, 2.05) is 41.8 Å². The van der Waals surface area contributed by atoms with Crippen molar-refractivity contribution in [2.24, 2.45) is 0 Å². The summed E-state index contributed by atoms with van der Waals surface area (Å²) in [5.41, 5.74) is 4.17. The monoisotopic (exact) mass is 382 g/mol. The molecule has 0 spiro atoms. The lowest BCUT2D eigenvalue weighted by molar-refractivity contribution is -0.113. The van der Waals surface area contributed by atoms with Gasteiger partial charge in [0.2, 0.25) is 5.91 Å². The Bertz CT molecular complexity index is 951. The number of hydrogen-bond acceptors (Lipinski definition) is 5. The van der Waals surface area contributed by atoms with Gasteiger partial charge in [0, 0.05) is 11.4 Å². The van der Waals surface area contributed by atoms with Crippen molar-refractivity contribution in [2.75, 3.05) is 18.2 Å². The number of nitrogens with one attached hydrogen (secondary N) is 1. The second-order valence-corrected chi connectivity index (χ2v) is 7.14. The second kappa shape index (κ2) is 8.26. The lowest BCUT2D eigenvalue weighted by Crippen LogP contribution is -2.14. The van der Waals surface area contributed by atoms with Gasteiger partial charge in [-0.1, -0.05) is 17.8 Å². The molecule has 2 aromatic carbocycles. The maximum atomic E-state index is 12.3. The summed E-state index contributed by atoms with van der Waals surface area (Å²) >= 11 is 1.36. The smallest absolute Gasteiger partial charge is 0.234 e. The van der Waals surface area contributed by atoms with E-state index in [1.54, 1.807) is 7.11 Å². The number of benzene rings is 2. The van der Waals surface area contributed by atoms with Gasteiger partial charge in [-0.2, -0.15) is 0 Å². The largest absolute Gasteiger partial charge is 0.497 e. The molecule has 1 heterocycles. The minimum atomic E-state index is -0.0996. The van der Waals surface area contributed by atoms with Crippen LogP contribution >= 0.6 is 11.8 Å². The van der Waals surface area contributed by atoms with Crippen LogP contribution in [0.5, 0.6) is 5.75 Å². The number of ether oxygens (including phenoxy) is 1. The van der Waals surface area contributed by atoms with E-state index >= 15 is 0 Å². The summed E-state index contributed by atoms with van der Waals surface area (Å²) < 4.78 is 7.09. The zero-order valence-electron chi connectivity index (χ0n) is 15.8. The predicted molar refractivity (Wildman–Crippen MR) is 108 cm³/mol. The molecule has 1 amide bonds. The molecule has 0 fully saturated rings. The number of methoxy groups -OCH3 is 1. The number of hydrogen-bond donors (Lipinski definition) is 1. The fraction of sp³-hybridized carbons (Fsp3) is 0.250. The molecular weight excluding hydrogens is 360 g/mol. The summed E-state index contributed by atoms with van der Waals surface area (Å²) in [5, 5.41) is 12.0. The van der Waals surface area contributed by atoms with Gasteiger partial charge in [-0.25, -0.2) is 0 Å². The van der Waals surface area contributed by atoms with Crippen molar-refractivity contribution < 1.29 is 9.53 Å². The Labute approximate surface area is 163 Å². The third kappa shape index (κ3) is 4.49. The Morgan fingerprint density at radius 3 is 2.48 bits per heavy atom. The van der Waals surface area contributed by atoms with Crippen LogP contribution in [0.4, 0.5) is 5.69 Å². The molecule has 6 nitrogen and oxygen atoms in total. The van der Waals surface area contributed by atoms with E-state index in [0.717, 1.165) is 22.9 Å². The van der Waals surface area contributed by atoms with E-state index in [2.05, 4.69) is 41.5 Å². The maximum absolute atomic E-state index is 12.3.